The van der Waals surface area contributed by atoms with E-state index in [1.807, 2.05) is 35.2 Å². The molecule has 2 aromatic carbocycles. The molecule has 0 bridgehead atoms. The van der Waals surface area contributed by atoms with Crippen molar-refractivity contribution in [3.8, 4) is 0 Å². The molecule has 3 rings (SSSR count). The monoisotopic (exact) mass is 296 g/mol. The molecule has 2 amide bonds. The standard InChI is InChI=1S/C18H20N2O2/c1-13-8-10-20(11-9-13)18(22)19-17-7-6-14-4-2-3-5-15(14)16(17)12-21/h2-7,12-13H,8-11H2,1H3,(H,19,22). The number of nitrogens with one attached hydrogen (secondary N) is 1. The second-order valence-electron chi connectivity index (χ2n) is 5.97. The van der Waals surface area contributed by atoms with Crippen LogP contribution in [0.4, 0.5) is 10.5 Å². The molecule has 114 valence electrons. The molecule has 4 nitrogen and oxygen atoms in total. The Morgan fingerprint density at radius 1 is 1.18 bits per heavy atom. The number of hydrogen-bond donors (Lipinski definition) is 1. The van der Waals surface area contributed by atoms with Crippen LogP contribution in [-0.4, -0.2) is 30.3 Å². The van der Waals surface area contributed by atoms with Crippen molar-refractivity contribution in [3.63, 3.8) is 0 Å². The minimum absolute atomic E-state index is 0.120. The van der Waals surface area contributed by atoms with Gasteiger partial charge in [-0.15, -0.1) is 0 Å². The second-order valence-corrected chi connectivity index (χ2v) is 5.97. The van der Waals surface area contributed by atoms with Crippen LogP contribution in [0.25, 0.3) is 10.8 Å². The van der Waals surface area contributed by atoms with Gasteiger partial charge in [-0.3, -0.25) is 4.79 Å². The second kappa shape index (κ2) is 6.18. The van der Waals surface area contributed by atoms with E-state index < -0.39 is 0 Å². The summed E-state index contributed by atoms with van der Waals surface area (Å²) in [5.41, 5.74) is 1.12. The number of nitrogens with zero attached hydrogens (tertiary/aromatic N) is 1. The molecule has 0 aliphatic carbocycles. The molecular weight excluding hydrogens is 276 g/mol. The van der Waals surface area contributed by atoms with Crippen LogP contribution in [0.15, 0.2) is 36.4 Å². The lowest BCUT2D eigenvalue weighted by atomic mass is 9.99. The van der Waals surface area contributed by atoms with Gasteiger partial charge in [-0.2, -0.15) is 0 Å². The zero-order valence-corrected chi connectivity index (χ0v) is 12.7. The van der Waals surface area contributed by atoms with E-state index >= 15 is 0 Å². The van der Waals surface area contributed by atoms with Gasteiger partial charge in [-0.05, 0) is 35.6 Å². The van der Waals surface area contributed by atoms with Crippen molar-refractivity contribution in [1.29, 1.82) is 0 Å². The topological polar surface area (TPSA) is 49.4 Å². The molecule has 0 spiro atoms. The Hall–Kier alpha value is -2.36. The molecule has 22 heavy (non-hydrogen) atoms. The van der Waals surface area contributed by atoms with Gasteiger partial charge in [0, 0.05) is 18.7 Å². The maximum Gasteiger partial charge on any atom is 0.321 e. The van der Waals surface area contributed by atoms with Gasteiger partial charge >= 0.3 is 6.03 Å². The van der Waals surface area contributed by atoms with E-state index in [4.69, 9.17) is 0 Å². The number of carbonyl (C=O) groups excluding carboxylic acids is 2. The first-order valence-corrected chi connectivity index (χ1v) is 7.72. The highest BCUT2D eigenvalue weighted by Crippen LogP contribution is 2.25. The number of anilines is 1. The molecule has 0 saturated carbocycles. The van der Waals surface area contributed by atoms with Crippen molar-refractivity contribution >= 4 is 28.8 Å². The van der Waals surface area contributed by atoms with Crippen LogP contribution in [0.2, 0.25) is 0 Å². The summed E-state index contributed by atoms with van der Waals surface area (Å²) in [5.74, 6) is 0.676. The minimum atomic E-state index is -0.120. The molecule has 0 aromatic heterocycles. The maximum atomic E-state index is 12.4. The van der Waals surface area contributed by atoms with Crippen molar-refractivity contribution in [2.75, 3.05) is 18.4 Å². The molecule has 1 saturated heterocycles. The molecule has 1 aliphatic heterocycles. The van der Waals surface area contributed by atoms with Crippen LogP contribution in [0.1, 0.15) is 30.1 Å². The van der Waals surface area contributed by atoms with Crippen molar-refractivity contribution in [2.24, 2.45) is 5.92 Å². The maximum absolute atomic E-state index is 12.4. The minimum Gasteiger partial charge on any atom is -0.325 e. The lowest BCUT2D eigenvalue weighted by Gasteiger charge is -2.30. The third kappa shape index (κ3) is 2.82. The number of likely N-dealkylation sites (tertiary alicyclic amines) is 1. The Morgan fingerprint density at radius 2 is 1.91 bits per heavy atom. The number of amides is 2. The fraction of sp³-hybridized carbons (Fsp3) is 0.333. The molecule has 1 aliphatic rings. The van der Waals surface area contributed by atoms with Gasteiger partial charge in [0.1, 0.15) is 0 Å². The Bertz CT molecular complexity index is 703. The molecule has 4 heteroatoms. The van der Waals surface area contributed by atoms with Gasteiger partial charge in [0.2, 0.25) is 0 Å². The van der Waals surface area contributed by atoms with Crippen LogP contribution in [-0.2, 0) is 0 Å². The van der Waals surface area contributed by atoms with E-state index in [1.54, 1.807) is 6.07 Å². The summed E-state index contributed by atoms with van der Waals surface area (Å²) < 4.78 is 0. The Kier molecular flexibility index (Phi) is 4.09. The van der Waals surface area contributed by atoms with Crippen LogP contribution < -0.4 is 5.32 Å². The highest BCUT2D eigenvalue weighted by molar-refractivity contribution is 6.06. The SMILES string of the molecule is CC1CCN(C(=O)Nc2ccc3ccccc3c2C=O)CC1. The van der Waals surface area contributed by atoms with Gasteiger partial charge in [0.15, 0.2) is 6.29 Å². The summed E-state index contributed by atoms with van der Waals surface area (Å²) >= 11 is 0. The van der Waals surface area contributed by atoms with E-state index in [0.717, 1.165) is 43.0 Å². The van der Waals surface area contributed by atoms with Gasteiger partial charge in [-0.1, -0.05) is 37.3 Å². The van der Waals surface area contributed by atoms with Crippen LogP contribution in [0.5, 0.6) is 0 Å². The first kappa shape index (κ1) is 14.6. The highest BCUT2D eigenvalue weighted by Gasteiger charge is 2.21. The average Bonchev–Trinajstić information content (AvgIpc) is 2.55. The number of piperidine rings is 1. The van der Waals surface area contributed by atoms with Crippen molar-refractivity contribution < 1.29 is 9.59 Å². The fourth-order valence-electron chi connectivity index (χ4n) is 2.94. The number of hydrogen-bond acceptors (Lipinski definition) is 2. The molecule has 2 aromatic rings. The summed E-state index contributed by atoms with van der Waals surface area (Å²) in [5, 5.41) is 4.75. The number of rotatable bonds is 2. The number of carbonyl (C=O) groups is 2. The van der Waals surface area contributed by atoms with E-state index in [2.05, 4.69) is 12.2 Å². The Labute approximate surface area is 130 Å². The molecule has 1 N–H and O–H groups in total. The van der Waals surface area contributed by atoms with Gasteiger partial charge in [0.25, 0.3) is 0 Å². The summed E-state index contributed by atoms with van der Waals surface area (Å²) in [4.78, 5) is 25.7. The lowest BCUT2D eigenvalue weighted by Crippen LogP contribution is -2.40. The third-order valence-corrected chi connectivity index (χ3v) is 4.40. The smallest absolute Gasteiger partial charge is 0.321 e. The molecule has 0 atom stereocenters. The lowest BCUT2D eigenvalue weighted by molar-refractivity contribution is 0.112. The molecule has 0 unspecified atom stereocenters. The van der Waals surface area contributed by atoms with Crippen LogP contribution in [0.3, 0.4) is 0 Å². The summed E-state index contributed by atoms with van der Waals surface area (Å²) in [6.45, 7) is 3.76. The largest absolute Gasteiger partial charge is 0.325 e. The normalized spacial score (nSPS) is 15.8. The number of benzene rings is 2. The van der Waals surface area contributed by atoms with E-state index in [-0.39, 0.29) is 6.03 Å². The van der Waals surface area contributed by atoms with Crippen LogP contribution in [0, 0.1) is 5.92 Å². The predicted molar refractivity (Wildman–Crippen MR) is 88.3 cm³/mol. The predicted octanol–water partition coefficient (Wildman–Crippen LogP) is 3.92. The first-order valence-electron chi connectivity index (χ1n) is 7.72. The fourth-order valence-corrected chi connectivity index (χ4v) is 2.94. The van der Waals surface area contributed by atoms with Crippen molar-refractivity contribution in [1.82, 2.24) is 4.90 Å². The van der Waals surface area contributed by atoms with Crippen LogP contribution >= 0.6 is 0 Å². The Morgan fingerprint density at radius 3 is 2.64 bits per heavy atom. The summed E-state index contributed by atoms with van der Waals surface area (Å²) in [7, 11) is 0. The zero-order valence-electron chi connectivity index (χ0n) is 12.7. The Balaban J connectivity index is 1.84. The zero-order chi connectivity index (χ0) is 15.5. The van der Waals surface area contributed by atoms with E-state index in [0.29, 0.717) is 17.2 Å². The van der Waals surface area contributed by atoms with E-state index in [9.17, 15) is 9.59 Å². The van der Waals surface area contributed by atoms with Gasteiger partial charge in [-0.25, -0.2) is 4.79 Å². The quantitative estimate of drug-likeness (QED) is 0.854. The van der Waals surface area contributed by atoms with Crippen molar-refractivity contribution in [3.05, 3.63) is 42.0 Å². The van der Waals surface area contributed by atoms with Gasteiger partial charge < -0.3 is 10.2 Å². The molecule has 1 heterocycles. The summed E-state index contributed by atoms with van der Waals surface area (Å²) in [6, 6.07) is 11.3. The molecule has 0 radical (unpaired) electrons. The molecule has 1 fully saturated rings. The summed E-state index contributed by atoms with van der Waals surface area (Å²) in [6.07, 6.45) is 2.88. The number of urea groups is 1. The average molecular weight is 296 g/mol. The van der Waals surface area contributed by atoms with Crippen molar-refractivity contribution in [2.45, 2.75) is 19.8 Å². The number of aldehydes is 1. The first-order chi connectivity index (χ1) is 10.7. The third-order valence-electron chi connectivity index (χ3n) is 4.40. The van der Waals surface area contributed by atoms with Gasteiger partial charge in [0.05, 0.1) is 5.69 Å². The van der Waals surface area contributed by atoms with E-state index in [1.165, 1.54) is 0 Å². The number of fused-ring (bicyclic) bond motifs is 1. The highest BCUT2D eigenvalue weighted by atomic mass is 16.2. The molecular formula is C18H20N2O2.